The highest BCUT2D eigenvalue weighted by Crippen LogP contribution is 2.64. The minimum absolute atomic E-state index is 0.0376. The number of para-hydroxylation sites is 2. The van der Waals surface area contributed by atoms with Gasteiger partial charge in [0, 0.05) is 24.9 Å². The number of Topliss-reactive ketones (excluding diaryl/α,β-unsaturated/α-hetero) is 1. The van der Waals surface area contributed by atoms with Gasteiger partial charge in [0.25, 0.3) is 0 Å². The number of hydrogen-bond donors (Lipinski definition) is 0. The number of carbonyl (C=O) groups is 3. The molecule has 4 fully saturated rings. The van der Waals surface area contributed by atoms with Gasteiger partial charge in [-0.25, -0.2) is 9.59 Å². The minimum atomic E-state index is -0.604. The number of hydrogen-bond acceptors (Lipinski definition) is 5. The zero-order valence-corrected chi connectivity index (χ0v) is 21.4. The fourth-order valence-electron chi connectivity index (χ4n) is 7.74. The summed E-state index contributed by atoms with van der Waals surface area (Å²) in [7, 11) is 0. The molecule has 2 amide bonds. The van der Waals surface area contributed by atoms with Crippen molar-refractivity contribution in [2.75, 3.05) is 6.54 Å². The van der Waals surface area contributed by atoms with Gasteiger partial charge in [-0.3, -0.25) is 9.69 Å². The summed E-state index contributed by atoms with van der Waals surface area (Å²) in [6, 6.07) is 17.7. The second-order valence-corrected chi connectivity index (χ2v) is 11.5. The van der Waals surface area contributed by atoms with Gasteiger partial charge < -0.3 is 14.4 Å². The van der Waals surface area contributed by atoms with Crippen molar-refractivity contribution in [2.24, 2.45) is 23.7 Å². The average Bonchev–Trinajstić information content (AvgIpc) is 2.85. The van der Waals surface area contributed by atoms with Gasteiger partial charge in [0.05, 0.1) is 17.5 Å². The van der Waals surface area contributed by atoms with Crippen molar-refractivity contribution in [2.45, 2.75) is 63.6 Å². The molecule has 2 aliphatic heterocycles. The number of likely N-dealkylation sites (tertiary alicyclic amines) is 2. The van der Waals surface area contributed by atoms with E-state index in [0.717, 1.165) is 25.7 Å². The summed E-state index contributed by atoms with van der Waals surface area (Å²) < 4.78 is 11.6. The van der Waals surface area contributed by atoms with E-state index in [1.165, 1.54) is 0 Å². The van der Waals surface area contributed by atoms with E-state index >= 15 is 0 Å². The fourth-order valence-corrected chi connectivity index (χ4v) is 7.74. The van der Waals surface area contributed by atoms with E-state index in [-0.39, 0.29) is 29.9 Å². The maximum Gasteiger partial charge on any atom is 0.415 e. The lowest BCUT2D eigenvalue weighted by Crippen LogP contribution is -2.86. The lowest BCUT2D eigenvalue weighted by atomic mass is 9.43. The Morgan fingerprint density at radius 3 is 2.22 bits per heavy atom. The number of piperidine rings is 2. The molecule has 2 heterocycles. The molecule has 37 heavy (non-hydrogen) atoms. The first-order valence-corrected chi connectivity index (χ1v) is 13.5. The van der Waals surface area contributed by atoms with Gasteiger partial charge in [0.2, 0.25) is 0 Å². The van der Waals surface area contributed by atoms with Crippen LogP contribution in [-0.2, 0) is 4.79 Å². The Hall–Kier alpha value is -3.35. The van der Waals surface area contributed by atoms with E-state index in [1.807, 2.05) is 41.3 Å². The second kappa shape index (κ2) is 9.19. The normalized spacial score (nSPS) is 31.9. The van der Waals surface area contributed by atoms with Crippen LogP contribution in [0.25, 0.3) is 0 Å². The maximum absolute atomic E-state index is 13.9. The van der Waals surface area contributed by atoms with Crippen LogP contribution in [0.5, 0.6) is 11.5 Å². The van der Waals surface area contributed by atoms with Crippen LogP contribution in [-0.4, -0.2) is 51.9 Å². The van der Waals surface area contributed by atoms with Crippen molar-refractivity contribution in [3.63, 3.8) is 0 Å². The zero-order chi connectivity index (χ0) is 25.7. The number of rotatable bonds is 4. The van der Waals surface area contributed by atoms with Gasteiger partial charge in [0.1, 0.15) is 17.3 Å². The Morgan fingerprint density at radius 1 is 0.973 bits per heavy atom. The monoisotopic (exact) mass is 502 g/mol. The molecule has 7 nitrogen and oxygen atoms in total. The highest BCUT2D eigenvalue weighted by molar-refractivity contribution is 5.90. The Balaban J connectivity index is 1.34. The quantitative estimate of drug-likeness (QED) is 0.549. The molecule has 7 heteroatoms. The summed E-state index contributed by atoms with van der Waals surface area (Å²) in [5.74, 6) is 1.45. The standard InChI is InChI=1S/C30H34N2O5/c1-19(2)15-21-17-25(33)26-27-24-16-20(18-31(27)28(34)36-22-9-5-3-6-10-22)13-14-30(24,26)32(21)29(35)37-23-11-7-4-8-12-23/h3-12,19-21,24,26-27H,13-18H2,1-2H3/t20-,21-,24+,26+,27-,30-/m0/s1. The number of carbonyl (C=O) groups excluding carboxylic acids is 3. The van der Waals surface area contributed by atoms with Crippen molar-refractivity contribution >= 4 is 18.0 Å². The van der Waals surface area contributed by atoms with Crippen LogP contribution in [0.3, 0.4) is 0 Å². The molecule has 0 radical (unpaired) electrons. The molecule has 0 N–H and O–H groups in total. The number of amides is 2. The zero-order valence-electron chi connectivity index (χ0n) is 21.4. The largest absolute Gasteiger partial charge is 0.415 e. The summed E-state index contributed by atoms with van der Waals surface area (Å²) in [6.45, 7) is 4.84. The molecule has 2 bridgehead atoms. The molecular formula is C30H34N2O5. The van der Waals surface area contributed by atoms with Gasteiger partial charge in [-0.05, 0) is 61.8 Å². The van der Waals surface area contributed by atoms with Crippen LogP contribution in [0.4, 0.5) is 9.59 Å². The molecule has 6 rings (SSSR count). The summed E-state index contributed by atoms with van der Waals surface area (Å²) in [4.78, 5) is 44.7. The van der Waals surface area contributed by atoms with Crippen molar-refractivity contribution < 1.29 is 23.9 Å². The number of ether oxygens (including phenoxy) is 2. The summed E-state index contributed by atoms with van der Waals surface area (Å²) >= 11 is 0. The highest BCUT2D eigenvalue weighted by Gasteiger charge is 2.75. The summed E-state index contributed by atoms with van der Waals surface area (Å²) in [6.07, 6.45) is 2.80. The Labute approximate surface area is 217 Å². The number of nitrogens with zero attached hydrogens (tertiary/aromatic N) is 2. The van der Waals surface area contributed by atoms with E-state index in [4.69, 9.17) is 9.47 Å². The van der Waals surface area contributed by atoms with Crippen molar-refractivity contribution in [3.8, 4) is 11.5 Å². The van der Waals surface area contributed by atoms with Crippen LogP contribution >= 0.6 is 0 Å². The Bertz CT molecular complexity index is 1180. The first kappa shape index (κ1) is 24.0. The number of benzene rings is 2. The molecule has 2 saturated heterocycles. The molecule has 4 aliphatic rings. The molecule has 194 valence electrons. The summed E-state index contributed by atoms with van der Waals surface area (Å²) in [5, 5.41) is 0. The number of fused-ring (bicyclic) bond motifs is 2. The highest BCUT2D eigenvalue weighted by atomic mass is 16.6. The lowest BCUT2D eigenvalue weighted by Gasteiger charge is -2.73. The predicted octanol–water partition coefficient (Wildman–Crippen LogP) is 5.54. The van der Waals surface area contributed by atoms with Crippen LogP contribution in [0, 0.1) is 23.7 Å². The third kappa shape index (κ3) is 3.90. The molecule has 2 aromatic carbocycles. The second-order valence-electron chi connectivity index (χ2n) is 11.5. The maximum atomic E-state index is 13.9. The first-order valence-electron chi connectivity index (χ1n) is 13.5. The minimum Gasteiger partial charge on any atom is -0.410 e. The number of ketones is 1. The van der Waals surface area contributed by atoms with E-state index in [1.54, 1.807) is 29.2 Å². The van der Waals surface area contributed by atoms with Gasteiger partial charge in [0.15, 0.2) is 0 Å². The predicted molar refractivity (Wildman–Crippen MR) is 137 cm³/mol. The van der Waals surface area contributed by atoms with Crippen LogP contribution in [0.15, 0.2) is 60.7 Å². The molecule has 2 saturated carbocycles. The molecular weight excluding hydrogens is 468 g/mol. The average molecular weight is 503 g/mol. The van der Waals surface area contributed by atoms with Gasteiger partial charge in [-0.2, -0.15) is 0 Å². The van der Waals surface area contributed by atoms with E-state index in [0.29, 0.717) is 36.3 Å². The Morgan fingerprint density at radius 2 is 1.59 bits per heavy atom. The van der Waals surface area contributed by atoms with E-state index < -0.39 is 17.6 Å². The fraction of sp³-hybridized carbons (Fsp3) is 0.500. The van der Waals surface area contributed by atoms with Gasteiger partial charge in [-0.15, -0.1) is 0 Å². The lowest BCUT2D eigenvalue weighted by molar-refractivity contribution is -0.222. The van der Waals surface area contributed by atoms with Crippen LogP contribution < -0.4 is 9.47 Å². The molecule has 1 spiro atoms. The molecule has 0 aromatic heterocycles. The van der Waals surface area contributed by atoms with Crippen molar-refractivity contribution in [1.82, 2.24) is 9.80 Å². The topological polar surface area (TPSA) is 76.2 Å². The van der Waals surface area contributed by atoms with Gasteiger partial charge >= 0.3 is 12.2 Å². The SMILES string of the molecule is CC(C)C[C@H]1CC(=O)[C@@H]2[C@@H]3[C@H]4C[C@H](CC[C@]42N1C(=O)Oc1ccccc1)CN3C(=O)Oc1ccccc1. The first-order chi connectivity index (χ1) is 17.9. The Kier molecular flexibility index (Phi) is 5.97. The van der Waals surface area contributed by atoms with E-state index in [2.05, 4.69) is 13.8 Å². The molecule has 2 aromatic rings. The molecule has 6 atom stereocenters. The molecule has 2 aliphatic carbocycles. The molecule has 0 unspecified atom stereocenters. The van der Waals surface area contributed by atoms with E-state index in [9.17, 15) is 14.4 Å². The van der Waals surface area contributed by atoms with Crippen molar-refractivity contribution in [3.05, 3.63) is 60.7 Å². The summed E-state index contributed by atoms with van der Waals surface area (Å²) in [5.41, 5.74) is -0.604. The third-order valence-electron chi connectivity index (χ3n) is 8.96. The third-order valence-corrected chi connectivity index (χ3v) is 8.96. The van der Waals surface area contributed by atoms with Crippen LogP contribution in [0.1, 0.15) is 46.0 Å². The van der Waals surface area contributed by atoms with Crippen molar-refractivity contribution in [1.29, 1.82) is 0 Å². The van der Waals surface area contributed by atoms with Gasteiger partial charge in [-0.1, -0.05) is 50.2 Å². The van der Waals surface area contributed by atoms with Crippen LogP contribution in [0.2, 0.25) is 0 Å². The smallest absolute Gasteiger partial charge is 0.410 e.